The van der Waals surface area contributed by atoms with Crippen molar-refractivity contribution in [3.05, 3.63) is 29.2 Å². The molecule has 0 aliphatic rings. The van der Waals surface area contributed by atoms with Gasteiger partial charge in [0.15, 0.2) is 5.82 Å². The second-order valence-corrected chi connectivity index (χ2v) is 3.69. The Morgan fingerprint density at radius 1 is 1.44 bits per heavy atom. The van der Waals surface area contributed by atoms with Gasteiger partial charge in [0.1, 0.15) is 12.1 Å². The maximum absolute atomic E-state index is 5.74. The van der Waals surface area contributed by atoms with Gasteiger partial charge in [-0.3, -0.25) is 4.68 Å². The Hall–Kier alpha value is -1.69. The van der Waals surface area contributed by atoms with Crippen LogP contribution in [0.5, 0.6) is 0 Å². The van der Waals surface area contributed by atoms with Gasteiger partial charge in [0.05, 0.1) is 6.54 Å². The number of hydrogen-bond donors (Lipinski definition) is 1. The smallest absolute Gasteiger partial charge is 0.224 e. The average Bonchev–Trinajstić information content (AvgIpc) is 2.60. The first-order valence-corrected chi connectivity index (χ1v) is 5.11. The van der Waals surface area contributed by atoms with Gasteiger partial charge in [-0.2, -0.15) is 5.10 Å². The van der Waals surface area contributed by atoms with Crippen molar-refractivity contribution in [2.24, 2.45) is 7.05 Å². The second kappa shape index (κ2) is 4.44. The van der Waals surface area contributed by atoms with Crippen molar-refractivity contribution < 1.29 is 0 Å². The number of aryl methyl sites for hydroxylation is 2. The molecule has 2 aromatic heterocycles. The Bertz CT molecular complexity index is 474. The highest BCUT2D eigenvalue weighted by Crippen LogP contribution is 2.10. The Morgan fingerprint density at radius 2 is 2.25 bits per heavy atom. The third kappa shape index (κ3) is 2.66. The van der Waals surface area contributed by atoms with Crippen LogP contribution >= 0.6 is 11.6 Å². The molecule has 84 valence electrons. The molecule has 2 heterocycles. The minimum absolute atomic E-state index is 0.233. The Morgan fingerprint density at radius 3 is 2.88 bits per heavy atom. The fourth-order valence-electron chi connectivity index (χ4n) is 1.26. The quantitative estimate of drug-likeness (QED) is 0.814. The molecule has 1 N–H and O–H groups in total. The zero-order chi connectivity index (χ0) is 11.5. The first-order chi connectivity index (χ1) is 7.63. The lowest BCUT2D eigenvalue weighted by atomic mass is 10.4. The normalized spacial score (nSPS) is 10.4. The summed E-state index contributed by atoms with van der Waals surface area (Å²) in [6.45, 7) is 2.37. The average molecular weight is 239 g/mol. The van der Waals surface area contributed by atoms with Crippen molar-refractivity contribution in [2.45, 2.75) is 13.5 Å². The molecule has 0 aliphatic heterocycles. The summed E-state index contributed by atoms with van der Waals surface area (Å²) in [6, 6.07) is 1.81. The number of anilines is 1. The van der Waals surface area contributed by atoms with Crippen LogP contribution in [0.1, 0.15) is 11.5 Å². The molecule has 0 saturated carbocycles. The molecular formula is C9H11ClN6. The number of hydrogen-bond acceptors (Lipinski definition) is 5. The number of halogens is 1. The van der Waals surface area contributed by atoms with Crippen molar-refractivity contribution in [2.75, 3.05) is 5.32 Å². The summed E-state index contributed by atoms with van der Waals surface area (Å²) in [5.41, 5.74) is 0.816. The summed E-state index contributed by atoms with van der Waals surface area (Å²) < 4.78 is 1.65. The summed E-state index contributed by atoms with van der Waals surface area (Å²) in [7, 11) is 1.82. The molecule has 0 aliphatic carbocycles. The molecule has 0 spiro atoms. The number of rotatable bonds is 3. The highest BCUT2D eigenvalue weighted by Gasteiger charge is 2.02. The molecule has 0 unspecified atom stereocenters. The van der Waals surface area contributed by atoms with Gasteiger partial charge >= 0.3 is 0 Å². The first kappa shape index (κ1) is 10.8. The molecular weight excluding hydrogens is 228 g/mol. The summed E-state index contributed by atoms with van der Waals surface area (Å²) in [5, 5.41) is 7.45. The van der Waals surface area contributed by atoms with E-state index in [1.807, 2.05) is 20.0 Å². The van der Waals surface area contributed by atoms with E-state index in [2.05, 4.69) is 25.4 Å². The van der Waals surface area contributed by atoms with Crippen LogP contribution in [0.4, 0.5) is 5.82 Å². The van der Waals surface area contributed by atoms with Gasteiger partial charge in [-0.05, 0) is 18.5 Å². The molecule has 2 rings (SSSR count). The number of nitrogens with one attached hydrogen (secondary N) is 1. The lowest BCUT2D eigenvalue weighted by molar-refractivity contribution is 0.747. The fraction of sp³-hybridized carbons (Fsp3) is 0.333. The molecule has 0 saturated heterocycles. The van der Waals surface area contributed by atoms with Gasteiger partial charge in [-0.25, -0.2) is 15.0 Å². The third-order valence-corrected chi connectivity index (χ3v) is 2.07. The van der Waals surface area contributed by atoms with Crippen molar-refractivity contribution in [3.63, 3.8) is 0 Å². The van der Waals surface area contributed by atoms with E-state index in [0.29, 0.717) is 18.2 Å². The van der Waals surface area contributed by atoms with E-state index in [1.165, 1.54) is 0 Å². The molecule has 0 amide bonds. The Kier molecular flexibility index (Phi) is 3.00. The van der Waals surface area contributed by atoms with Crippen LogP contribution in [-0.2, 0) is 13.6 Å². The lowest BCUT2D eigenvalue weighted by Gasteiger charge is -2.03. The monoisotopic (exact) mass is 238 g/mol. The first-order valence-electron chi connectivity index (χ1n) is 4.73. The number of aromatic nitrogens is 5. The van der Waals surface area contributed by atoms with Crippen LogP contribution in [0, 0.1) is 6.92 Å². The lowest BCUT2D eigenvalue weighted by Crippen LogP contribution is -2.04. The van der Waals surface area contributed by atoms with E-state index in [4.69, 9.17) is 11.6 Å². The van der Waals surface area contributed by atoms with Crippen LogP contribution in [-0.4, -0.2) is 24.7 Å². The zero-order valence-electron chi connectivity index (χ0n) is 8.98. The molecule has 0 atom stereocenters. The van der Waals surface area contributed by atoms with Gasteiger partial charge in [-0.1, -0.05) is 0 Å². The summed E-state index contributed by atoms with van der Waals surface area (Å²) in [5.74, 6) is 1.37. The van der Waals surface area contributed by atoms with Gasteiger partial charge in [-0.15, -0.1) is 0 Å². The molecule has 0 aromatic carbocycles. The Labute approximate surface area is 97.7 Å². The molecule has 0 fully saturated rings. The predicted molar refractivity (Wildman–Crippen MR) is 60.1 cm³/mol. The second-order valence-electron chi connectivity index (χ2n) is 3.35. The molecule has 16 heavy (non-hydrogen) atoms. The van der Waals surface area contributed by atoms with Crippen LogP contribution in [0.25, 0.3) is 0 Å². The van der Waals surface area contributed by atoms with E-state index in [0.717, 1.165) is 5.69 Å². The van der Waals surface area contributed by atoms with E-state index >= 15 is 0 Å². The third-order valence-electron chi connectivity index (χ3n) is 1.90. The van der Waals surface area contributed by atoms with Gasteiger partial charge in [0.25, 0.3) is 0 Å². The van der Waals surface area contributed by atoms with E-state index in [9.17, 15) is 0 Å². The maximum atomic E-state index is 5.74. The maximum Gasteiger partial charge on any atom is 0.224 e. The van der Waals surface area contributed by atoms with Crippen LogP contribution in [0.3, 0.4) is 0 Å². The highest BCUT2D eigenvalue weighted by atomic mass is 35.5. The van der Waals surface area contributed by atoms with Gasteiger partial charge in [0.2, 0.25) is 5.28 Å². The minimum Gasteiger partial charge on any atom is -0.363 e. The van der Waals surface area contributed by atoms with Crippen LogP contribution in [0.15, 0.2) is 12.4 Å². The molecule has 0 radical (unpaired) electrons. The molecule has 0 bridgehead atoms. The topological polar surface area (TPSA) is 68.5 Å². The molecule has 7 heteroatoms. The Balaban J connectivity index is 2.04. The number of nitrogens with zero attached hydrogens (tertiary/aromatic N) is 5. The standard InChI is InChI=1S/C9H11ClN6/c1-6-3-7(14-9(10)13-6)11-4-8-12-5-16(2)15-8/h3,5H,4H2,1-2H3,(H,11,13,14). The van der Waals surface area contributed by atoms with Crippen LogP contribution in [0.2, 0.25) is 5.28 Å². The molecule has 2 aromatic rings. The van der Waals surface area contributed by atoms with Crippen LogP contribution < -0.4 is 5.32 Å². The van der Waals surface area contributed by atoms with E-state index < -0.39 is 0 Å². The van der Waals surface area contributed by atoms with Crippen molar-refractivity contribution >= 4 is 17.4 Å². The fourth-order valence-corrected chi connectivity index (χ4v) is 1.48. The summed E-state index contributed by atoms with van der Waals surface area (Å²) in [6.07, 6.45) is 1.65. The summed E-state index contributed by atoms with van der Waals surface area (Å²) in [4.78, 5) is 12.1. The van der Waals surface area contributed by atoms with Gasteiger partial charge in [0, 0.05) is 18.8 Å². The SMILES string of the molecule is Cc1cc(NCc2ncn(C)n2)nc(Cl)n1. The highest BCUT2D eigenvalue weighted by molar-refractivity contribution is 6.28. The minimum atomic E-state index is 0.233. The summed E-state index contributed by atoms with van der Waals surface area (Å²) >= 11 is 5.74. The van der Waals surface area contributed by atoms with E-state index in [-0.39, 0.29) is 5.28 Å². The van der Waals surface area contributed by atoms with Gasteiger partial charge < -0.3 is 5.32 Å². The van der Waals surface area contributed by atoms with Crippen molar-refractivity contribution in [3.8, 4) is 0 Å². The largest absolute Gasteiger partial charge is 0.363 e. The predicted octanol–water partition coefficient (Wildman–Crippen LogP) is 1.18. The van der Waals surface area contributed by atoms with Crippen molar-refractivity contribution in [1.29, 1.82) is 0 Å². The van der Waals surface area contributed by atoms with Crippen molar-refractivity contribution in [1.82, 2.24) is 24.7 Å². The van der Waals surface area contributed by atoms with E-state index in [1.54, 1.807) is 11.0 Å². The zero-order valence-corrected chi connectivity index (χ0v) is 9.73. The molecule has 6 nitrogen and oxygen atoms in total.